The van der Waals surface area contributed by atoms with E-state index in [2.05, 4.69) is 15.5 Å². The number of rotatable bonds is 7. The molecule has 0 bridgehead atoms. The molecule has 7 heteroatoms. The predicted molar refractivity (Wildman–Crippen MR) is 141 cm³/mol. The minimum absolute atomic E-state index is 0.170. The van der Waals surface area contributed by atoms with Crippen molar-refractivity contribution in [3.8, 4) is 0 Å². The summed E-state index contributed by atoms with van der Waals surface area (Å²) < 4.78 is 6.18. The van der Waals surface area contributed by atoms with E-state index in [0.29, 0.717) is 43.1 Å². The van der Waals surface area contributed by atoms with Crippen LogP contribution in [-0.2, 0) is 19.5 Å². The number of hydrogen-bond donors (Lipinski definition) is 1. The normalized spacial score (nSPS) is 13.7. The van der Waals surface area contributed by atoms with Crippen molar-refractivity contribution in [2.45, 2.75) is 39.3 Å². The smallest absolute Gasteiger partial charge is 0.290 e. The monoisotopic (exact) mass is 492 g/mol. The molecule has 0 saturated heterocycles. The lowest BCUT2D eigenvalue weighted by atomic mass is 9.93. The van der Waals surface area contributed by atoms with Crippen LogP contribution in [0.3, 0.4) is 0 Å². The van der Waals surface area contributed by atoms with Crippen LogP contribution in [0.5, 0.6) is 0 Å². The van der Waals surface area contributed by atoms with Crippen molar-refractivity contribution in [2.24, 2.45) is 5.10 Å². The summed E-state index contributed by atoms with van der Waals surface area (Å²) in [4.78, 5) is 32.2. The summed E-state index contributed by atoms with van der Waals surface area (Å²) in [6, 6.07) is 25.0. The zero-order valence-electron chi connectivity index (χ0n) is 20.7. The Bertz CT molecular complexity index is 1370. The summed E-state index contributed by atoms with van der Waals surface area (Å²) in [7, 11) is 0. The van der Waals surface area contributed by atoms with E-state index in [1.807, 2.05) is 72.5 Å². The van der Waals surface area contributed by atoms with Gasteiger partial charge in [0, 0.05) is 36.8 Å². The molecule has 4 aromatic rings. The Morgan fingerprint density at radius 3 is 2.19 bits per heavy atom. The van der Waals surface area contributed by atoms with Crippen molar-refractivity contribution >= 4 is 17.5 Å². The molecular weight excluding hydrogens is 464 g/mol. The fraction of sp³-hybridized carbons (Fsp3) is 0.200. The maximum absolute atomic E-state index is 13.9. The number of carbonyl (C=O) groups is 2. The van der Waals surface area contributed by atoms with Crippen LogP contribution in [0.15, 0.2) is 94.6 Å². The molecule has 7 nitrogen and oxygen atoms in total. The standard InChI is InChI=1S/C30H28N4O3/c1-21-27-24(32-33-29(35)25-15-8-9-18-31-25)16-10-17-26(27)37-28(21)30(36)34(19-22-11-4-2-5-12-22)20-23-13-6-3-7-14-23/h2-9,11-15,18H,10,16-17,19-20H2,1H3,(H,33,35)/b32-24+. The van der Waals surface area contributed by atoms with E-state index >= 15 is 0 Å². The van der Waals surface area contributed by atoms with Crippen LogP contribution >= 0.6 is 0 Å². The zero-order valence-corrected chi connectivity index (χ0v) is 20.7. The van der Waals surface area contributed by atoms with Crippen molar-refractivity contribution in [1.82, 2.24) is 15.3 Å². The highest BCUT2D eigenvalue weighted by Gasteiger charge is 2.30. The first-order chi connectivity index (χ1) is 18.1. The fourth-order valence-electron chi connectivity index (χ4n) is 4.61. The summed E-state index contributed by atoms with van der Waals surface area (Å²) in [5.74, 6) is 0.505. The van der Waals surface area contributed by atoms with E-state index in [1.54, 1.807) is 24.4 Å². The van der Waals surface area contributed by atoms with Gasteiger partial charge < -0.3 is 9.32 Å². The lowest BCUT2D eigenvalue weighted by Crippen LogP contribution is -2.30. The van der Waals surface area contributed by atoms with Gasteiger partial charge in [0.05, 0.1) is 5.71 Å². The molecule has 0 unspecified atom stereocenters. The number of nitrogens with one attached hydrogen (secondary N) is 1. The third-order valence-corrected chi connectivity index (χ3v) is 6.43. The van der Waals surface area contributed by atoms with Crippen LogP contribution in [0.2, 0.25) is 0 Å². The van der Waals surface area contributed by atoms with E-state index in [1.165, 1.54) is 0 Å². The van der Waals surface area contributed by atoms with Crippen LogP contribution in [0.4, 0.5) is 0 Å². The van der Waals surface area contributed by atoms with Gasteiger partial charge in [0.25, 0.3) is 11.8 Å². The van der Waals surface area contributed by atoms with Gasteiger partial charge in [0.2, 0.25) is 0 Å². The molecular formula is C30H28N4O3. The van der Waals surface area contributed by atoms with E-state index in [0.717, 1.165) is 34.4 Å². The molecule has 0 atom stereocenters. The number of amides is 2. The number of nitrogens with zero attached hydrogens (tertiary/aromatic N) is 3. The first-order valence-electron chi connectivity index (χ1n) is 12.4. The molecule has 2 aromatic heterocycles. The minimum Gasteiger partial charge on any atom is -0.455 e. The maximum atomic E-state index is 13.9. The van der Waals surface area contributed by atoms with Gasteiger partial charge in [-0.3, -0.25) is 14.6 Å². The molecule has 37 heavy (non-hydrogen) atoms. The highest BCUT2D eigenvalue weighted by molar-refractivity contribution is 6.07. The van der Waals surface area contributed by atoms with Crippen LogP contribution in [0, 0.1) is 6.92 Å². The second kappa shape index (κ2) is 11.0. The summed E-state index contributed by atoms with van der Waals surface area (Å²) in [5.41, 5.74) is 7.26. The summed E-state index contributed by atoms with van der Waals surface area (Å²) in [6.07, 6.45) is 3.79. The molecule has 5 rings (SSSR count). The molecule has 1 aliphatic rings. The first-order valence-corrected chi connectivity index (χ1v) is 12.4. The molecule has 0 saturated carbocycles. The van der Waals surface area contributed by atoms with E-state index in [-0.39, 0.29) is 11.8 Å². The van der Waals surface area contributed by atoms with Crippen molar-refractivity contribution in [2.75, 3.05) is 0 Å². The van der Waals surface area contributed by atoms with Crippen molar-refractivity contribution < 1.29 is 14.0 Å². The number of benzene rings is 2. The van der Waals surface area contributed by atoms with E-state index in [9.17, 15) is 9.59 Å². The molecule has 0 radical (unpaired) electrons. The third-order valence-electron chi connectivity index (χ3n) is 6.43. The zero-order chi connectivity index (χ0) is 25.6. The maximum Gasteiger partial charge on any atom is 0.290 e. The van der Waals surface area contributed by atoms with E-state index < -0.39 is 0 Å². The van der Waals surface area contributed by atoms with Gasteiger partial charge in [0.15, 0.2) is 5.76 Å². The Balaban J connectivity index is 1.43. The number of fused-ring (bicyclic) bond motifs is 1. The van der Waals surface area contributed by atoms with Crippen LogP contribution < -0.4 is 5.43 Å². The Kier molecular flexibility index (Phi) is 7.21. The first kappa shape index (κ1) is 24.2. The number of aryl methyl sites for hydroxylation is 1. The molecule has 2 heterocycles. The number of carbonyl (C=O) groups excluding carboxylic acids is 2. The van der Waals surface area contributed by atoms with Crippen LogP contribution in [-0.4, -0.2) is 27.4 Å². The molecule has 2 amide bonds. The number of furan rings is 1. The second-order valence-electron chi connectivity index (χ2n) is 9.05. The van der Waals surface area contributed by atoms with Gasteiger partial charge in [-0.25, -0.2) is 5.43 Å². The number of hydrazone groups is 1. The van der Waals surface area contributed by atoms with Crippen molar-refractivity contribution in [1.29, 1.82) is 0 Å². The third kappa shape index (κ3) is 5.51. The minimum atomic E-state index is -0.380. The molecule has 186 valence electrons. The Morgan fingerprint density at radius 2 is 1.57 bits per heavy atom. The SMILES string of the molecule is Cc1c(C(=O)N(Cc2ccccc2)Cc2ccccc2)oc2c1/C(=N/NC(=O)c1ccccn1)CCC2. The summed E-state index contributed by atoms with van der Waals surface area (Å²) in [5, 5.41) is 4.41. The van der Waals surface area contributed by atoms with Crippen LogP contribution in [0.1, 0.15) is 61.9 Å². The van der Waals surface area contributed by atoms with Gasteiger partial charge in [-0.2, -0.15) is 5.10 Å². The van der Waals surface area contributed by atoms with Crippen LogP contribution in [0.25, 0.3) is 0 Å². The number of pyridine rings is 1. The molecule has 1 N–H and O–H groups in total. The molecule has 2 aromatic carbocycles. The lowest BCUT2D eigenvalue weighted by Gasteiger charge is -2.22. The summed E-state index contributed by atoms with van der Waals surface area (Å²) >= 11 is 0. The quantitative estimate of drug-likeness (QED) is 0.355. The van der Waals surface area contributed by atoms with Crippen molar-refractivity contribution in [3.05, 3.63) is 125 Å². The van der Waals surface area contributed by atoms with Gasteiger partial charge in [-0.05, 0) is 43.0 Å². The Hall–Kier alpha value is -4.52. The fourth-order valence-corrected chi connectivity index (χ4v) is 4.61. The average Bonchev–Trinajstić information content (AvgIpc) is 3.29. The van der Waals surface area contributed by atoms with Gasteiger partial charge in [-0.15, -0.1) is 0 Å². The van der Waals surface area contributed by atoms with Gasteiger partial charge in [0.1, 0.15) is 11.5 Å². The number of hydrogen-bond acceptors (Lipinski definition) is 5. The van der Waals surface area contributed by atoms with Gasteiger partial charge in [-0.1, -0.05) is 66.7 Å². The van der Waals surface area contributed by atoms with Gasteiger partial charge >= 0.3 is 0 Å². The molecule has 0 aliphatic heterocycles. The van der Waals surface area contributed by atoms with Crippen molar-refractivity contribution in [3.63, 3.8) is 0 Å². The second-order valence-corrected chi connectivity index (χ2v) is 9.05. The summed E-state index contributed by atoms with van der Waals surface area (Å²) in [6.45, 7) is 2.81. The van der Waals surface area contributed by atoms with E-state index in [4.69, 9.17) is 4.42 Å². The highest BCUT2D eigenvalue weighted by atomic mass is 16.4. The number of aromatic nitrogens is 1. The average molecular weight is 493 g/mol. The molecule has 0 spiro atoms. The largest absolute Gasteiger partial charge is 0.455 e. The predicted octanol–water partition coefficient (Wildman–Crippen LogP) is 5.30. The Morgan fingerprint density at radius 1 is 0.919 bits per heavy atom. The Labute approximate surface area is 215 Å². The lowest BCUT2D eigenvalue weighted by molar-refractivity contribution is 0.0694. The topological polar surface area (TPSA) is 87.8 Å². The molecule has 1 aliphatic carbocycles. The highest BCUT2D eigenvalue weighted by Crippen LogP contribution is 2.31. The molecule has 0 fully saturated rings.